The van der Waals surface area contributed by atoms with E-state index in [1.54, 1.807) is 0 Å². The first kappa shape index (κ1) is 33.4. The molecule has 0 bridgehead atoms. The molecule has 0 heteroatoms. The van der Waals surface area contributed by atoms with Crippen molar-refractivity contribution in [1.29, 1.82) is 0 Å². The summed E-state index contributed by atoms with van der Waals surface area (Å²) in [4.78, 5) is 0. The summed E-state index contributed by atoms with van der Waals surface area (Å²) >= 11 is 0. The Balaban J connectivity index is 0. The van der Waals surface area contributed by atoms with E-state index in [0.29, 0.717) is 0 Å². The molecular weight excluding hydrogens is 408 g/mol. The summed E-state index contributed by atoms with van der Waals surface area (Å²) in [5, 5.41) is 0. The van der Waals surface area contributed by atoms with Crippen molar-refractivity contribution in [3.05, 3.63) is 125 Å². The Morgan fingerprint density at radius 2 is 1.35 bits per heavy atom. The smallest absolute Gasteiger partial charge is 0.0583 e. The average molecular weight is 459 g/mol. The number of aryl methyl sites for hydroxylation is 1. The lowest BCUT2D eigenvalue weighted by Crippen LogP contribution is -2.36. The summed E-state index contributed by atoms with van der Waals surface area (Å²) in [5.74, 6) is 0.235. The lowest BCUT2D eigenvalue weighted by Gasteiger charge is -2.40. The van der Waals surface area contributed by atoms with Gasteiger partial charge in [-0.05, 0) is 42.9 Å². The van der Waals surface area contributed by atoms with Crippen LogP contribution in [0.2, 0.25) is 0 Å². The van der Waals surface area contributed by atoms with Gasteiger partial charge in [-0.15, -0.1) is 5.73 Å². The molecule has 0 N–H and O–H groups in total. The van der Waals surface area contributed by atoms with Crippen LogP contribution < -0.4 is 0 Å². The van der Waals surface area contributed by atoms with Crippen LogP contribution in [-0.2, 0) is 5.41 Å². The Labute approximate surface area is 212 Å². The second kappa shape index (κ2) is 18.6. The van der Waals surface area contributed by atoms with Gasteiger partial charge < -0.3 is 0 Å². The van der Waals surface area contributed by atoms with Gasteiger partial charge in [0.25, 0.3) is 0 Å². The fraction of sp³-hybridized carbons (Fsp3) is 0.382. The molecule has 0 heterocycles. The van der Waals surface area contributed by atoms with Crippen molar-refractivity contribution < 1.29 is 0 Å². The number of hydrogen-bond acceptors (Lipinski definition) is 0. The van der Waals surface area contributed by atoms with Crippen LogP contribution in [-0.4, -0.2) is 0 Å². The monoisotopic (exact) mass is 458 g/mol. The molecule has 2 aromatic rings. The molecule has 2 aromatic carbocycles. The molecule has 0 amide bonds. The Morgan fingerprint density at radius 3 is 1.88 bits per heavy atom. The zero-order chi connectivity index (χ0) is 25.3. The molecule has 0 aromatic heterocycles. The second-order valence-corrected chi connectivity index (χ2v) is 7.37. The standard InChI is InChI=1S/C27H28.3C2H6.CH4/c1-5-24-20-22(3)12-8-6-9-13-23(4)27(24,25-14-10-7-11-15-25)26-18-16-21(2)17-19-26;3*1-2;/h5-11,13-19,23H,1,12H2,2-4H3;3*1-2H3;1H4/b8-6-,13-9-;;;;. The van der Waals surface area contributed by atoms with E-state index in [9.17, 15) is 0 Å². The van der Waals surface area contributed by atoms with E-state index in [1.807, 2.05) is 47.6 Å². The van der Waals surface area contributed by atoms with E-state index in [4.69, 9.17) is 0 Å². The number of allylic oxidation sites excluding steroid dienone is 6. The van der Waals surface area contributed by atoms with Crippen LogP contribution in [0.1, 0.15) is 85.9 Å². The van der Waals surface area contributed by atoms with E-state index >= 15 is 0 Å². The maximum absolute atomic E-state index is 4.19. The largest absolute Gasteiger partial charge is 0.117 e. The van der Waals surface area contributed by atoms with Gasteiger partial charge in [0.1, 0.15) is 0 Å². The first-order valence-corrected chi connectivity index (χ1v) is 12.6. The predicted molar refractivity (Wildman–Crippen MR) is 158 cm³/mol. The van der Waals surface area contributed by atoms with Crippen LogP contribution >= 0.6 is 0 Å². The van der Waals surface area contributed by atoms with Crippen LogP contribution in [0.5, 0.6) is 0 Å². The van der Waals surface area contributed by atoms with Gasteiger partial charge in [0.2, 0.25) is 0 Å². The molecule has 0 nitrogen and oxygen atoms in total. The summed E-state index contributed by atoms with van der Waals surface area (Å²) in [6.45, 7) is 22.8. The van der Waals surface area contributed by atoms with Crippen LogP contribution in [0.4, 0.5) is 0 Å². The highest BCUT2D eigenvalue weighted by Gasteiger charge is 2.41. The average Bonchev–Trinajstić information content (AvgIpc) is 2.88. The Bertz CT molecular complexity index is 916. The molecule has 0 fully saturated rings. The van der Waals surface area contributed by atoms with E-state index in [1.165, 1.54) is 22.3 Å². The molecule has 2 atom stereocenters. The summed E-state index contributed by atoms with van der Waals surface area (Å²) in [6.07, 6.45) is 11.7. The minimum Gasteiger partial charge on any atom is -0.117 e. The molecule has 0 spiro atoms. The van der Waals surface area contributed by atoms with Crippen LogP contribution in [0.25, 0.3) is 0 Å². The number of rotatable bonds is 3. The van der Waals surface area contributed by atoms with E-state index in [-0.39, 0.29) is 18.8 Å². The van der Waals surface area contributed by atoms with Gasteiger partial charge in [0.05, 0.1) is 5.41 Å². The minimum atomic E-state index is -0.334. The van der Waals surface area contributed by atoms with Gasteiger partial charge in [0.15, 0.2) is 0 Å². The second-order valence-electron chi connectivity index (χ2n) is 7.37. The van der Waals surface area contributed by atoms with E-state index in [2.05, 4.69) is 112 Å². The molecule has 0 saturated carbocycles. The van der Waals surface area contributed by atoms with Crippen molar-refractivity contribution in [2.24, 2.45) is 5.92 Å². The van der Waals surface area contributed by atoms with Crippen molar-refractivity contribution in [3.8, 4) is 0 Å². The van der Waals surface area contributed by atoms with Crippen molar-refractivity contribution in [1.82, 2.24) is 0 Å². The van der Waals surface area contributed by atoms with Gasteiger partial charge in [-0.3, -0.25) is 0 Å². The molecular formula is C34H50. The summed E-state index contributed by atoms with van der Waals surface area (Å²) in [7, 11) is 0. The maximum atomic E-state index is 4.19. The van der Waals surface area contributed by atoms with Crippen molar-refractivity contribution in [3.63, 3.8) is 0 Å². The molecule has 1 aliphatic carbocycles. The zero-order valence-electron chi connectivity index (χ0n) is 22.6. The fourth-order valence-electron chi connectivity index (χ4n) is 4.06. The third-order valence-electron chi connectivity index (χ3n) is 5.47. The SMILES string of the molecule is C.C=CC1=C=C(C)C/C=C\C=C/C(C)C1(c1ccccc1)c1ccc(C)cc1.CC.CC.CC. The van der Waals surface area contributed by atoms with Crippen molar-refractivity contribution in [2.45, 2.75) is 81.6 Å². The third kappa shape index (κ3) is 8.19. The highest BCUT2D eigenvalue weighted by molar-refractivity contribution is 5.54. The molecule has 0 radical (unpaired) electrons. The Kier molecular flexibility index (Phi) is 18.2. The lowest BCUT2D eigenvalue weighted by atomic mass is 9.61. The number of benzene rings is 2. The molecule has 1 aliphatic rings. The first-order chi connectivity index (χ1) is 16.1. The van der Waals surface area contributed by atoms with Gasteiger partial charge in [0, 0.05) is 5.57 Å². The van der Waals surface area contributed by atoms with Crippen molar-refractivity contribution in [2.75, 3.05) is 0 Å². The number of hydrogen-bond donors (Lipinski definition) is 0. The molecule has 0 aliphatic heterocycles. The molecule has 0 saturated heterocycles. The highest BCUT2D eigenvalue weighted by Crippen LogP contribution is 2.46. The van der Waals surface area contributed by atoms with Gasteiger partial charge in [-0.1, -0.05) is 153 Å². The van der Waals surface area contributed by atoms with Crippen LogP contribution in [0, 0.1) is 12.8 Å². The zero-order valence-corrected chi connectivity index (χ0v) is 22.6. The summed E-state index contributed by atoms with van der Waals surface area (Å²) < 4.78 is 0. The fourth-order valence-corrected chi connectivity index (χ4v) is 4.06. The molecule has 186 valence electrons. The van der Waals surface area contributed by atoms with Gasteiger partial charge >= 0.3 is 0 Å². The molecule has 3 rings (SSSR count). The van der Waals surface area contributed by atoms with Gasteiger partial charge in [-0.2, -0.15) is 0 Å². The highest BCUT2D eigenvalue weighted by atomic mass is 14.4. The molecule has 2 unspecified atom stereocenters. The summed E-state index contributed by atoms with van der Waals surface area (Å²) in [5.41, 5.74) is 9.52. The topological polar surface area (TPSA) is 0 Å². The van der Waals surface area contributed by atoms with Crippen molar-refractivity contribution >= 4 is 0 Å². The Morgan fingerprint density at radius 1 is 0.824 bits per heavy atom. The predicted octanol–water partition coefficient (Wildman–Crippen LogP) is 10.8. The maximum Gasteiger partial charge on any atom is 0.0583 e. The van der Waals surface area contributed by atoms with E-state index < -0.39 is 0 Å². The quantitative estimate of drug-likeness (QED) is 0.401. The normalized spacial score (nSPS) is 20.4. The Hall–Kier alpha value is -2.82. The minimum absolute atomic E-state index is 0. The first-order valence-electron chi connectivity index (χ1n) is 12.6. The summed E-state index contributed by atoms with van der Waals surface area (Å²) in [6, 6.07) is 19.7. The lowest BCUT2D eigenvalue weighted by molar-refractivity contribution is 0.481. The van der Waals surface area contributed by atoms with Crippen LogP contribution in [0.3, 0.4) is 0 Å². The van der Waals surface area contributed by atoms with E-state index in [0.717, 1.165) is 12.0 Å². The van der Waals surface area contributed by atoms with Crippen LogP contribution in [0.15, 0.2) is 108 Å². The third-order valence-corrected chi connectivity index (χ3v) is 5.47. The molecule has 34 heavy (non-hydrogen) atoms. The van der Waals surface area contributed by atoms with Gasteiger partial charge in [-0.25, -0.2) is 0 Å².